The van der Waals surface area contributed by atoms with Gasteiger partial charge in [0.2, 0.25) is 0 Å². The van der Waals surface area contributed by atoms with Gasteiger partial charge in [-0.15, -0.1) is 0 Å². The van der Waals surface area contributed by atoms with E-state index in [4.69, 9.17) is 4.74 Å². The van der Waals surface area contributed by atoms with Crippen molar-refractivity contribution in [1.82, 2.24) is 0 Å². The second kappa shape index (κ2) is 5.85. The van der Waals surface area contributed by atoms with Gasteiger partial charge in [-0.05, 0) is 35.4 Å². The summed E-state index contributed by atoms with van der Waals surface area (Å²) in [5.74, 6) is 0.920. The first-order chi connectivity index (χ1) is 7.99. The minimum absolute atomic E-state index is 0.145. The van der Waals surface area contributed by atoms with Crippen LogP contribution in [-0.2, 0) is 16.6 Å². The number of methoxy groups -OCH3 is 1. The van der Waals surface area contributed by atoms with Crippen molar-refractivity contribution in [3.63, 3.8) is 0 Å². The number of aldehydes is 1. The summed E-state index contributed by atoms with van der Waals surface area (Å²) in [6.07, 6.45) is 3.36. The zero-order valence-electron chi connectivity index (χ0n) is 11.2. The normalized spacial score (nSPS) is 11.3. The molecule has 0 spiro atoms. The zero-order chi connectivity index (χ0) is 12.9. The molecule has 0 bridgehead atoms. The highest BCUT2D eigenvalue weighted by atomic mass is 16.5. The number of unbranched alkanes of at least 4 members (excludes halogenated alkanes) is 1. The van der Waals surface area contributed by atoms with E-state index in [1.54, 1.807) is 7.11 Å². The van der Waals surface area contributed by atoms with E-state index < -0.39 is 0 Å². The fraction of sp³-hybridized carbons (Fsp3) is 0.533. The van der Waals surface area contributed by atoms with Crippen molar-refractivity contribution in [2.75, 3.05) is 7.11 Å². The lowest BCUT2D eigenvalue weighted by molar-refractivity contribution is -0.107. The predicted molar refractivity (Wildman–Crippen MR) is 70.7 cm³/mol. The highest BCUT2D eigenvalue weighted by molar-refractivity contribution is 5.49. The summed E-state index contributed by atoms with van der Waals surface area (Å²) in [5.41, 5.74) is 2.65. The predicted octanol–water partition coefficient (Wildman–Crippen LogP) is 3.51. The molecule has 94 valence electrons. The molecule has 0 N–H and O–H groups in total. The molecular weight excluding hydrogens is 212 g/mol. The van der Waals surface area contributed by atoms with E-state index in [1.807, 2.05) is 6.07 Å². The number of hydrogen-bond acceptors (Lipinski definition) is 2. The van der Waals surface area contributed by atoms with Crippen LogP contribution in [0.5, 0.6) is 5.75 Å². The van der Waals surface area contributed by atoms with Crippen LogP contribution in [0.25, 0.3) is 0 Å². The summed E-state index contributed by atoms with van der Waals surface area (Å²) in [6.45, 7) is 6.60. The Bertz CT molecular complexity index is 375. The standard InChI is InChI=1S/C15H22O2/c1-15(2,3)13-8-9-14(17-4)12(11-13)7-5-6-10-16/h8-11H,5-7H2,1-4H3. The molecule has 0 aliphatic rings. The molecule has 0 saturated carbocycles. The molecule has 0 aliphatic heterocycles. The minimum atomic E-state index is 0.145. The number of carbonyl (C=O) groups is 1. The van der Waals surface area contributed by atoms with Gasteiger partial charge in [-0.2, -0.15) is 0 Å². The van der Waals surface area contributed by atoms with Crippen LogP contribution in [-0.4, -0.2) is 13.4 Å². The lowest BCUT2D eigenvalue weighted by atomic mass is 9.85. The lowest BCUT2D eigenvalue weighted by Crippen LogP contribution is -2.11. The number of hydrogen-bond donors (Lipinski definition) is 0. The molecule has 1 rings (SSSR count). The second-order valence-corrected chi connectivity index (χ2v) is 5.34. The summed E-state index contributed by atoms with van der Waals surface area (Å²) in [4.78, 5) is 10.3. The molecule has 0 unspecified atom stereocenters. The molecule has 17 heavy (non-hydrogen) atoms. The molecule has 0 saturated heterocycles. The van der Waals surface area contributed by atoms with E-state index in [0.717, 1.165) is 24.9 Å². The third-order valence-corrected chi connectivity index (χ3v) is 2.91. The average Bonchev–Trinajstić information content (AvgIpc) is 2.28. The lowest BCUT2D eigenvalue weighted by Gasteiger charge is -2.21. The van der Waals surface area contributed by atoms with Crippen molar-refractivity contribution < 1.29 is 9.53 Å². The quantitative estimate of drug-likeness (QED) is 0.575. The van der Waals surface area contributed by atoms with Crippen molar-refractivity contribution in [2.24, 2.45) is 0 Å². The number of ether oxygens (including phenoxy) is 1. The fourth-order valence-electron chi connectivity index (χ4n) is 1.82. The van der Waals surface area contributed by atoms with Gasteiger partial charge in [0, 0.05) is 6.42 Å². The van der Waals surface area contributed by atoms with Gasteiger partial charge in [0.05, 0.1) is 7.11 Å². The number of carbonyl (C=O) groups excluding carboxylic acids is 1. The third-order valence-electron chi connectivity index (χ3n) is 2.91. The van der Waals surface area contributed by atoms with Crippen LogP contribution >= 0.6 is 0 Å². The Morgan fingerprint density at radius 3 is 2.53 bits per heavy atom. The second-order valence-electron chi connectivity index (χ2n) is 5.34. The molecule has 2 nitrogen and oxygen atoms in total. The van der Waals surface area contributed by atoms with Crippen LogP contribution in [0, 0.1) is 0 Å². The van der Waals surface area contributed by atoms with Crippen LogP contribution < -0.4 is 4.74 Å². The number of aryl methyl sites for hydroxylation is 1. The molecule has 1 aromatic carbocycles. The van der Waals surface area contributed by atoms with Crippen LogP contribution in [0.2, 0.25) is 0 Å². The van der Waals surface area contributed by atoms with E-state index in [2.05, 4.69) is 32.9 Å². The maximum Gasteiger partial charge on any atom is 0.122 e. The van der Waals surface area contributed by atoms with Gasteiger partial charge in [0.25, 0.3) is 0 Å². The van der Waals surface area contributed by atoms with E-state index in [1.165, 1.54) is 11.1 Å². The SMILES string of the molecule is COc1ccc(C(C)(C)C)cc1CCCC=O. The zero-order valence-corrected chi connectivity index (χ0v) is 11.2. The Balaban J connectivity index is 2.94. The van der Waals surface area contributed by atoms with Crippen LogP contribution in [0.1, 0.15) is 44.7 Å². The molecule has 0 fully saturated rings. The summed E-state index contributed by atoms with van der Waals surface area (Å²) in [7, 11) is 1.69. The Hall–Kier alpha value is -1.31. The largest absolute Gasteiger partial charge is 0.496 e. The van der Waals surface area contributed by atoms with E-state index in [-0.39, 0.29) is 5.41 Å². The molecule has 0 radical (unpaired) electrons. The average molecular weight is 234 g/mol. The van der Waals surface area contributed by atoms with Crippen LogP contribution in [0.15, 0.2) is 18.2 Å². The molecule has 0 atom stereocenters. The first kappa shape index (κ1) is 13.8. The summed E-state index contributed by atoms with van der Waals surface area (Å²) in [6, 6.07) is 6.34. The molecule has 0 aromatic heterocycles. The molecule has 0 aliphatic carbocycles. The molecule has 0 heterocycles. The highest BCUT2D eigenvalue weighted by Gasteiger charge is 2.15. The number of rotatable bonds is 5. The van der Waals surface area contributed by atoms with Crippen molar-refractivity contribution in [2.45, 2.75) is 45.4 Å². The van der Waals surface area contributed by atoms with E-state index in [0.29, 0.717) is 6.42 Å². The smallest absolute Gasteiger partial charge is 0.122 e. The molecular formula is C15H22O2. The Morgan fingerprint density at radius 1 is 1.29 bits per heavy atom. The van der Waals surface area contributed by atoms with Gasteiger partial charge in [-0.1, -0.05) is 32.9 Å². The van der Waals surface area contributed by atoms with Gasteiger partial charge in [-0.3, -0.25) is 0 Å². The first-order valence-electron chi connectivity index (χ1n) is 6.10. The van der Waals surface area contributed by atoms with Crippen LogP contribution in [0.3, 0.4) is 0 Å². The molecule has 1 aromatic rings. The van der Waals surface area contributed by atoms with E-state index >= 15 is 0 Å². The molecule has 0 amide bonds. The number of benzene rings is 1. The van der Waals surface area contributed by atoms with Crippen molar-refractivity contribution >= 4 is 6.29 Å². The monoisotopic (exact) mass is 234 g/mol. The summed E-state index contributed by atoms with van der Waals surface area (Å²) >= 11 is 0. The van der Waals surface area contributed by atoms with Gasteiger partial charge >= 0.3 is 0 Å². The Morgan fingerprint density at radius 2 is 2.00 bits per heavy atom. The Labute approximate surface area is 104 Å². The van der Waals surface area contributed by atoms with Gasteiger partial charge in [0.1, 0.15) is 12.0 Å². The molecule has 2 heteroatoms. The maximum absolute atomic E-state index is 10.3. The highest BCUT2D eigenvalue weighted by Crippen LogP contribution is 2.28. The van der Waals surface area contributed by atoms with Crippen molar-refractivity contribution in [3.05, 3.63) is 29.3 Å². The van der Waals surface area contributed by atoms with Gasteiger partial charge < -0.3 is 9.53 Å². The summed E-state index contributed by atoms with van der Waals surface area (Å²) < 4.78 is 5.36. The van der Waals surface area contributed by atoms with Crippen molar-refractivity contribution in [3.8, 4) is 5.75 Å². The fourth-order valence-corrected chi connectivity index (χ4v) is 1.82. The maximum atomic E-state index is 10.3. The Kier molecular flexibility index (Phi) is 4.73. The van der Waals surface area contributed by atoms with Crippen LogP contribution in [0.4, 0.5) is 0 Å². The minimum Gasteiger partial charge on any atom is -0.496 e. The third kappa shape index (κ3) is 3.88. The van der Waals surface area contributed by atoms with Crippen molar-refractivity contribution in [1.29, 1.82) is 0 Å². The summed E-state index contributed by atoms with van der Waals surface area (Å²) in [5, 5.41) is 0. The van der Waals surface area contributed by atoms with E-state index in [9.17, 15) is 4.79 Å². The van der Waals surface area contributed by atoms with Gasteiger partial charge in [-0.25, -0.2) is 0 Å². The topological polar surface area (TPSA) is 26.3 Å². The first-order valence-corrected chi connectivity index (χ1v) is 6.10. The van der Waals surface area contributed by atoms with Gasteiger partial charge in [0.15, 0.2) is 0 Å².